The molecular weight excluding hydrogens is 320 g/mol. The van der Waals surface area contributed by atoms with Crippen LogP contribution in [0.25, 0.3) is 0 Å². The second-order valence-electron chi connectivity index (χ2n) is 5.66. The van der Waals surface area contributed by atoms with Crippen LogP contribution in [0.3, 0.4) is 0 Å². The zero-order valence-electron chi connectivity index (χ0n) is 12.9. The molecule has 2 rings (SSSR count). The number of amides is 2. The van der Waals surface area contributed by atoms with Crippen molar-refractivity contribution in [3.63, 3.8) is 0 Å². The Hall–Kier alpha value is -2.08. The zero-order chi connectivity index (χ0) is 17.0. The molecular formula is C16H19ClN2O4. The van der Waals surface area contributed by atoms with E-state index in [1.165, 1.54) is 4.90 Å². The molecule has 1 fully saturated rings. The van der Waals surface area contributed by atoms with Crippen LogP contribution in [0.15, 0.2) is 24.3 Å². The molecule has 2 amide bonds. The Balaban J connectivity index is 1.90. The van der Waals surface area contributed by atoms with E-state index in [0.29, 0.717) is 36.5 Å². The summed E-state index contributed by atoms with van der Waals surface area (Å²) in [5.41, 5.74) is 0.428. The number of hydrogen-bond donors (Lipinski definition) is 1. The lowest BCUT2D eigenvalue weighted by Gasteiger charge is -2.31. The molecule has 0 saturated carbocycles. The monoisotopic (exact) mass is 338 g/mol. The average Bonchev–Trinajstić information content (AvgIpc) is 2.54. The van der Waals surface area contributed by atoms with Crippen LogP contribution in [0.5, 0.6) is 0 Å². The number of likely N-dealkylation sites (tertiary alicyclic amines) is 1. The number of hydrogen-bond acceptors (Lipinski definition) is 3. The molecule has 0 spiro atoms. The summed E-state index contributed by atoms with van der Waals surface area (Å²) in [5, 5.41) is 9.43. The summed E-state index contributed by atoms with van der Waals surface area (Å²) in [7, 11) is 1.56. The van der Waals surface area contributed by atoms with Crippen LogP contribution in [0.4, 0.5) is 0 Å². The summed E-state index contributed by atoms with van der Waals surface area (Å²) in [6.07, 6.45) is 0.903. The Labute approximate surface area is 139 Å². The Morgan fingerprint density at radius 3 is 2.52 bits per heavy atom. The maximum absolute atomic E-state index is 12.3. The van der Waals surface area contributed by atoms with E-state index < -0.39 is 5.97 Å². The molecule has 0 unspecified atom stereocenters. The van der Waals surface area contributed by atoms with E-state index in [1.807, 2.05) is 0 Å². The SMILES string of the molecule is CN(CC(=O)N1CCC(C(=O)O)CC1)C(=O)c1cccc(Cl)c1. The van der Waals surface area contributed by atoms with Crippen molar-refractivity contribution in [3.05, 3.63) is 34.9 Å². The summed E-state index contributed by atoms with van der Waals surface area (Å²) in [6, 6.07) is 6.56. The second-order valence-corrected chi connectivity index (χ2v) is 6.10. The predicted octanol–water partition coefficient (Wildman–Crippen LogP) is 1.74. The average molecular weight is 339 g/mol. The van der Waals surface area contributed by atoms with Crippen LogP contribution in [-0.4, -0.2) is 59.4 Å². The predicted molar refractivity (Wildman–Crippen MR) is 85.4 cm³/mol. The number of aliphatic carboxylic acids is 1. The highest BCUT2D eigenvalue weighted by Crippen LogP contribution is 2.18. The molecule has 1 aromatic carbocycles. The Kier molecular flexibility index (Phi) is 5.60. The van der Waals surface area contributed by atoms with Crippen molar-refractivity contribution in [2.24, 2.45) is 5.92 Å². The first-order valence-electron chi connectivity index (χ1n) is 7.40. The van der Waals surface area contributed by atoms with E-state index >= 15 is 0 Å². The fourth-order valence-corrected chi connectivity index (χ4v) is 2.78. The summed E-state index contributed by atoms with van der Waals surface area (Å²) in [6.45, 7) is 0.785. The second kappa shape index (κ2) is 7.46. The molecule has 1 heterocycles. The lowest BCUT2D eigenvalue weighted by Crippen LogP contribution is -2.45. The molecule has 1 aliphatic heterocycles. The van der Waals surface area contributed by atoms with Gasteiger partial charge in [0, 0.05) is 30.7 Å². The third-order valence-corrected chi connectivity index (χ3v) is 4.22. The van der Waals surface area contributed by atoms with Gasteiger partial charge in [-0.2, -0.15) is 0 Å². The van der Waals surface area contributed by atoms with Crippen LogP contribution in [0.1, 0.15) is 23.2 Å². The number of carbonyl (C=O) groups excluding carboxylic acids is 2. The number of carbonyl (C=O) groups is 3. The number of halogens is 1. The van der Waals surface area contributed by atoms with Crippen molar-refractivity contribution in [1.29, 1.82) is 0 Å². The van der Waals surface area contributed by atoms with Crippen molar-refractivity contribution >= 4 is 29.4 Å². The zero-order valence-corrected chi connectivity index (χ0v) is 13.6. The molecule has 6 nitrogen and oxygen atoms in total. The van der Waals surface area contributed by atoms with Crippen molar-refractivity contribution in [2.75, 3.05) is 26.7 Å². The van der Waals surface area contributed by atoms with Gasteiger partial charge in [0.25, 0.3) is 5.91 Å². The number of likely N-dealkylation sites (N-methyl/N-ethyl adjacent to an activating group) is 1. The first kappa shape index (κ1) is 17.3. The highest BCUT2D eigenvalue weighted by Gasteiger charge is 2.28. The van der Waals surface area contributed by atoms with Gasteiger partial charge in [-0.15, -0.1) is 0 Å². The lowest BCUT2D eigenvalue weighted by molar-refractivity contribution is -0.145. The number of nitrogens with zero attached hydrogens (tertiary/aromatic N) is 2. The summed E-state index contributed by atoms with van der Waals surface area (Å²) in [5.74, 6) is -1.65. The van der Waals surface area contributed by atoms with E-state index in [4.69, 9.17) is 16.7 Å². The minimum Gasteiger partial charge on any atom is -0.481 e. The molecule has 1 N–H and O–H groups in total. The Bertz CT molecular complexity index is 612. The van der Waals surface area contributed by atoms with Gasteiger partial charge in [0.1, 0.15) is 0 Å². The van der Waals surface area contributed by atoms with Crippen molar-refractivity contribution < 1.29 is 19.5 Å². The van der Waals surface area contributed by atoms with Gasteiger partial charge in [0.2, 0.25) is 5.91 Å². The van der Waals surface area contributed by atoms with E-state index in [0.717, 1.165) is 0 Å². The van der Waals surface area contributed by atoms with Crippen LogP contribution in [0, 0.1) is 5.92 Å². The van der Waals surface area contributed by atoms with Gasteiger partial charge in [-0.25, -0.2) is 0 Å². The largest absolute Gasteiger partial charge is 0.481 e. The third-order valence-electron chi connectivity index (χ3n) is 3.99. The fourth-order valence-electron chi connectivity index (χ4n) is 2.59. The van der Waals surface area contributed by atoms with Crippen LogP contribution >= 0.6 is 11.6 Å². The smallest absolute Gasteiger partial charge is 0.306 e. The molecule has 124 valence electrons. The topological polar surface area (TPSA) is 77.9 Å². The maximum Gasteiger partial charge on any atom is 0.306 e. The normalized spacial score (nSPS) is 15.3. The molecule has 0 atom stereocenters. The van der Waals surface area contributed by atoms with Crippen LogP contribution < -0.4 is 0 Å². The molecule has 7 heteroatoms. The Morgan fingerprint density at radius 1 is 1.30 bits per heavy atom. The lowest BCUT2D eigenvalue weighted by atomic mass is 9.97. The number of carboxylic acids is 1. The highest BCUT2D eigenvalue weighted by atomic mass is 35.5. The standard InChI is InChI=1S/C16H19ClN2O4/c1-18(15(21)12-3-2-4-13(17)9-12)10-14(20)19-7-5-11(6-8-19)16(22)23/h2-4,9,11H,5-8,10H2,1H3,(H,22,23). The first-order chi connectivity index (χ1) is 10.9. The van der Waals surface area contributed by atoms with Gasteiger partial charge in [0.05, 0.1) is 12.5 Å². The molecule has 1 aliphatic rings. The Morgan fingerprint density at radius 2 is 1.96 bits per heavy atom. The minimum absolute atomic E-state index is 0.0386. The summed E-state index contributed by atoms with van der Waals surface area (Å²) >= 11 is 5.87. The van der Waals surface area contributed by atoms with Gasteiger partial charge in [0.15, 0.2) is 0 Å². The van der Waals surface area contributed by atoms with Crippen molar-refractivity contribution in [3.8, 4) is 0 Å². The van der Waals surface area contributed by atoms with Crippen LogP contribution in [-0.2, 0) is 9.59 Å². The molecule has 0 radical (unpaired) electrons. The number of rotatable bonds is 4. The van der Waals surface area contributed by atoms with E-state index in [9.17, 15) is 14.4 Å². The van der Waals surface area contributed by atoms with Gasteiger partial charge in [-0.3, -0.25) is 14.4 Å². The number of piperidine rings is 1. The molecule has 1 saturated heterocycles. The summed E-state index contributed by atoms with van der Waals surface area (Å²) in [4.78, 5) is 38.4. The van der Waals surface area contributed by atoms with Crippen molar-refractivity contribution in [2.45, 2.75) is 12.8 Å². The maximum atomic E-state index is 12.3. The fraction of sp³-hybridized carbons (Fsp3) is 0.438. The quantitative estimate of drug-likeness (QED) is 0.907. The van der Waals surface area contributed by atoms with Gasteiger partial charge in [-0.05, 0) is 31.0 Å². The highest BCUT2D eigenvalue weighted by molar-refractivity contribution is 6.30. The number of carboxylic acid groups (broad SMARTS) is 1. The van der Waals surface area contributed by atoms with Crippen molar-refractivity contribution in [1.82, 2.24) is 9.80 Å². The minimum atomic E-state index is -0.814. The summed E-state index contributed by atoms with van der Waals surface area (Å²) < 4.78 is 0. The molecule has 1 aromatic rings. The first-order valence-corrected chi connectivity index (χ1v) is 7.78. The molecule has 23 heavy (non-hydrogen) atoms. The van der Waals surface area contributed by atoms with Gasteiger partial charge < -0.3 is 14.9 Å². The molecule has 0 bridgehead atoms. The van der Waals surface area contributed by atoms with E-state index in [1.54, 1.807) is 36.2 Å². The molecule has 0 aliphatic carbocycles. The third kappa shape index (κ3) is 4.45. The van der Waals surface area contributed by atoms with Gasteiger partial charge >= 0.3 is 5.97 Å². The van der Waals surface area contributed by atoms with Gasteiger partial charge in [-0.1, -0.05) is 17.7 Å². The van der Waals surface area contributed by atoms with E-state index in [2.05, 4.69) is 0 Å². The van der Waals surface area contributed by atoms with E-state index in [-0.39, 0.29) is 24.3 Å². The molecule has 0 aromatic heterocycles. The van der Waals surface area contributed by atoms with Crippen LogP contribution in [0.2, 0.25) is 5.02 Å². The number of benzene rings is 1.